The number of hydrogen-bond acceptors (Lipinski definition) is 4. The molecule has 0 fully saturated rings. The number of ether oxygens (including phenoxy) is 1. The second-order valence-corrected chi connectivity index (χ2v) is 6.05. The van der Waals surface area contributed by atoms with E-state index in [0.29, 0.717) is 6.54 Å². The normalized spacial score (nSPS) is 11.1. The molecule has 1 rings (SSSR count). The summed E-state index contributed by atoms with van der Waals surface area (Å²) in [5, 5.41) is 4.29. The zero-order valence-corrected chi connectivity index (χ0v) is 14.4. The SMILES string of the molecule is Cc1cc(C)n(CCC(=O)OCC(=O)N(C(C)C)C(C)C)n1. The summed E-state index contributed by atoms with van der Waals surface area (Å²) < 4.78 is 6.85. The maximum absolute atomic E-state index is 12.1. The van der Waals surface area contributed by atoms with Crippen LogP contribution in [0.3, 0.4) is 0 Å². The van der Waals surface area contributed by atoms with E-state index in [1.165, 1.54) is 0 Å². The fourth-order valence-corrected chi connectivity index (χ4v) is 2.56. The van der Waals surface area contributed by atoms with Crippen LogP contribution in [0.5, 0.6) is 0 Å². The van der Waals surface area contributed by atoms with Crippen LogP contribution in [0.4, 0.5) is 0 Å². The third-order valence-corrected chi connectivity index (χ3v) is 3.39. The minimum Gasteiger partial charge on any atom is -0.456 e. The number of hydrogen-bond donors (Lipinski definition) is 0. The van der Waals surface area contributed by atoms with Gasteiger partial charge in [-0.05, 0) is 47.6 Å². The number of nitrogens with zero attached hydrogens (tertiary/aromatic N) is 3. The minimum atomic E-state index is -0.381. The number of amides is 1. The molecule has 0 atom stereocenters. The van der Waals surface area contributed by atoms with Crippen LogP contribution >= 0.6 is 0 Å². The van der Waals surface area contributed by atoms with Gasteiger partial charge in [-0.1, -0.05) is 0 Å². The highest BCUT2D eigenvalue weighted by Crippen LogP contribution is 2.07. The van der Waals surface area contributed by atoms with Gasteiger partial charge in [-0.25, -0.2) is 0 Å². The topological polar surface area (TPSA) is 64.4 Å². The van der Waals surface area contributed by atoms with Crippen LogP contribution in [0.1, 0.15) is 45.5 Å². The number of rotatable bonds is 7. The van der Waals surface area contributed by atoms with Gasteiger partial charge in [-0.2, -0.15) is 5.10 Å². The minimum absolute atomic E-state index is 0.0842. The van der Waals surface area contributed by atoms with Crippen molar-refractivity contribution < 1.29 is 14.3 Å². The highest BCUT2D eigenvalue weighted by Gasteiger charge is 2.21. The number of esters is 1. The molecule has 0 aromatic carbocycles. The van der Waals surface area contributed by atoms with Gasteiger partial charge < -0.3 is 9.64 Å². The van der Waals surface area contributed by atoms with Crippen LogP contribution in [-0.4, -0.2) is 45.2 Å². The Morgan fingerprint density at radius 1 is 1.23 bits per heavy atom. The van der Waals surface area contributed by atoms with E-state index in [2.05, 4.69) is 5.10 Å². The van der Waals surface area contributed by atoms with Crippen molar-refractivity contribution in [3.05, 3.63) is 17.5 Å². The Hall–Kier alpha value is -1.85. The third kappa shape index (κ3) is 5.16. The molecule has 0 unspecified atom stereocenters. The molecule has 0 saturated heterocycles. The Morgan fingerprint density at radius 3 is 2.27 bits per heavy atom. The van der Waals surface area contributed by atoms with Crippen molar-refractivity contribution in [3.63, 3.8) is 0 Å². The molecular weight excluding hydrogens is 282 g/mol. The Bertz CT molecular complexity index is 513. The standard InChI is InChI=1S/C16H27N3O3/c1-11(2)19(12(3)4)15(20)10-22-16(21)7-8-18-14(6)9-13(5)17-18/h9,11-12H,7-8,10H2,1-6H3. The summed E-state index contributed by atoms with van der Waals surface area (Å²) >= 11 is 0. The third-order valence-electron chi connectivity index (χ3n) is 3.39. The molecule has 1 heterocycles. The van der Waals surface area contributed by atoms with E-state index in [0.717, 1.165) is 11.4 Å². The van der Waals surface area contributed by atoms with Crippen LogP contribution < -0.4 is 0 Å². The van der Waals surface area contributed by atoms with E-state index in [4.69, 9.17) is 4.74 Å². The lowest BCUT2D eigenvalue weighted by molar-refractivity contribution is -0.153. The highest BCUT2D eigenvalue weighted by molar-refractivity contribution is 5.81. The first-order chi connectivity index (χ1) is 10.2. The summed E-state index contributed by atoms with van der Waals surface area (Å²) in [6, 6.07) is 2.12. The number of carbonyl (C=O) groups excluding carboxylic acids is 2. The molecule has 0 aliphatic rings. The summed E-state index contributed by atoms with van der Waals surface area (Å²) in [6.45, 7) is 11.9. The largest absolute Gasteiger partial charge is 0.456 e. The lowest BCUT2D eigenvalue weighted by Crippen LogP contribution is -2.44. The average Bonchev–Trinajstić information content (AvgIpc) is 2.71. The Balaban J connectivity index is 2.42. The molecule has 0 aliphatic carbocycles. The van der Waals surface area contributed by atoms with Gasteiger partial charge >= 0.3 is 5.97 Å². The summed E-state index contributed by atoms with van der Waals surface area (Å²) in [4.78, 5) is 25.6. The van der Waals surface area contributed by atoms with E-state index in [1.54, 1.807) is 9.58 Å². The highest BCUT2D eigenvalue weighted by atomic mass is 16.5. The van der Waals surface area contributed by atoms with E-state index in [9.17, 15) is 9.59 Å². The fourth-order valence-electron chi connectivity index (χ4n) is 2.56. The van der Waals surface area contributed by atoms with Gasteiger partial charge in [0.05, 0.1) is 18.7 Å². The molecule has 6 heteroatoms. The number of carbonyl (C=O) groups is 2. The van der Waals surface area contributed by atoms with Gasteiger partial charge in [0, 0.05) is 17.8 Å². The van der Waals surface area contributed by atoms with E-state index in [1.807, 2.05) is 47.6 Å². The average molecular weight is 309 g/mol. The second kappa shape index (κ2) is 7.96. The van der Waals surface area contributed by atoms with Gasteiger partial charge in [-0.15, -0.1) is 0 Å². The summed E-state index contributed by atoms with van der Waals surface area (Å²) in [5.41, 5.74) is 1.93. The molecule has 0 aliphatic heterocycles. The molecule has 1 amide bonds. The van der Waals surface area contributed by atoms with Crippen molar-refractivity contribution in [2.24, 2.45) is 0 Å². The predicted octanol–water partition coefficient (Wildman–Crippen LogP) is 2.08. The summed E-state index contributed by atoms with van der Waals surface area (Å²) in [6.07, 6.45) is 0.207. The fraction of sp³-hybridized carbons (Fsp3) is 0.688. The van der Waals surface area contributed by atoms with Crippen molar-refractivity contribution in [2.45, 2.75) is 66.6 Å². The first-order valence-electron chi connectivity index (χ1n) is 7.70. The first-order valence-corrected chi connectivity index (χ1v) is 7.70. The van der Waals surface area contributed by atoms with Crippen LogP contribution in [0.15, 0.2) is 6.07 Å². The second-order valence-electron chi connectivity index (χ2n) is 6.05. The first kappa shape index (κ1) is 18.2. The van der Waals surface area contributed by atoms with Gasteiger partial charge in [0.15, 0.2) is 6.61 Å². The maximum atomic E-state index is 12.1. The maximum Gasteiger partial charge on any atom is 0.308 e. The van der Waals surface area contributed by atoms with E-state index < -0.39 is 0 Å². The van der Waals surface area contributed by atoms with E-state index in [-0.39, 0.29) is 37.0 Å². The van der Waals surface area contributed by atoms with Gasteiger partial charge in [-0.3, -0.25) is 14.3 Å². The van der Waals surface area contributed by atoms with Crippen molar-refractivity contribution >= 4 is 11.9 Å². The van der Waals surface area contributed by atoms with Crippen LogP contribution in [0.25, 0.3) is 0 Å². The number of aryl methyl sites for hydroxylation is 3. The van der Waals surface area contributed by atoms with E-state index >= 15 is 0 Å². The molecule has 6 nitrogen and oxygen atoms in total. The summed E-state index contributed by atoms with van der Waals surface area (Å²) in [7, 11) is 0. The molecule has 0 N–H and O–H groups in total. The van der Waals surface area contributed by atoms with Crippen molar-refractivity contribution in [1.29, 1.82) is 0 Å². The Morgan fingerprint density at radius 2 is 1.82 bits per heavy atom. The lowest BCUT2D eigenvalue weighted by Gasteiger charge is -2.30. The molecule has 0 saturated carbocycles. The molecule has 1 aromatic heterocycles. The summed E-state index contributed by atoms with van der Waals surface area (Å²) in [5.74, 6) is -0.544. The smallest absolute Gasteiger partial charge is 0.308 e. The van der Waals surface area contributed by atoms with Crippen molar-refractivity contribution in [2.75, 3.05) is 6.61 Å². The van der Waals surface area contributed by atoms with Crippen LogP contribution in [0.2, 0.25) is 0 Å². The lowest BCUT2D eigenvalue weighted by atomic mass is 10.2. The molecule has 124 valence electrons. The molecular formula is C16H27N3O3. The van der Waals surface area contributed by atoms with Crippen LogP contribution in [0, 0.1) is 13.8 Å². The van der Waals surface area contributed by atoms with Crippen molar-refractivity contribution in [3.8, 4) is 0 Å². The quantitative estimate of drug-likeness (QED) is 0.723. The zero-order valence-electron chi connectivity index (χ0n) is 14.4. The Labute approximate surface area is 132 Å². The van der Waals surface area contributed by atoms with Gasteiger partial charge in [0.1, 0.15) is 0 Å². The van der Waals surface area contributed by atoms with Crippen molar-refractivity contribution in [1.82, 2.24) is 14.7 Å². The predicted molar refractivity (Wildman–Crippen MR) is 84.4 cm³/mol. The molecule has 0 radical (unpaired) electrons. The monoisotopic (exact) mass is 309 g/mol. The molecule has 22 heavy (non-hydrogen) atoms. The van der Waals surface area contributed by atoms with Gasteiger partial charge in [0.2, 0.25) is 0 Å². The zero-order chi connectivity index (χ0) is 16.9. The molecule has 1 aromatic rings. The van der Waals surface area contributed by atoms with Crippen LogP contribution in [-0.2, 0) is 20.9 Å². The number of aromatic nitrogens is 2. The molecule has 0 spiro atoms. The Kier molecular flexibility index (Phi) is 6.59. The molecule has 0 bridgehead atoms. The van der Waals surface area contributed by atoms with Gasteiger partial charge in [0.25, 0.3) is 5.91 Å².